The third-order valence-electron chi connectivity index (χ3n) is 4.52. The second kappa shape index (κ2) is 6.97. The quantitative estimate of drug-likeness (QED) is 0.767. The molecule has 2 N–H and O–H groups in total. The van der Waals surface area contributed by atoms with Crippen LogP contribution in [0.25, 0.3) is 0 Å². The number of nitrogens with zero attached hydrogens (tertiary/aromatic N) is 2. The van der Waals surface area contributed by atoms with Crippen LogP contribution >= 0.6 is 11.3 Å². The summed E-state index contributed by atoms with van der Waals surface area (Å²) >= 11 is 1.28. The number of nitrogens with one attached hydrogen (secondary N) is 2. The molecule has 4 amide bonds. The monoisotopic (exact) mass is 404 g/mol. The number of halogens is 1. The van der Waals surface area contributed by atoms with Gasteiger partial charge in [-0.25, -0.2) is 14.2 Å². The van der Waals surface area contributed by atoms with E-state index in [0.717, 1.165) is 10.6 Å². The number of carbonyl (C=O) groups is 3. The normalized spacial score (nSPS) is 19.7. The van der Waals surface area contributed by atoms with E-state index in [0.29, 0.717) is 10.7 Å². The summed E-state index contributed by atoms with van der Waals surface area (Å²) in [6, 6.07) is 4.61. The summed E-state index contributed by atoms with van der Waals surface area (Å²) in [5.41, 5.74) is -0.232. The number of hydrogen-bond acceptors (Lipinski definition) is 5. The zero-order valence-corrected chi connectivity index (χ0v) is 16.8. The van der Waals surface area contributed by atoms with Crippen molar-refractivity contribution in [2.75, 3.05) is 11.9 Å². The van der Waals surface area contributed by atoms with E-state index in [4.69, 9.17) is 0 Å². The second-order valence-electron chi connectivity index (χ2n) is 7.79. The SMILES string of the molecule is CC(C)(C)c1csc(NC(=O)CN2C(=O)NC(C)(c3ccc(F)cc3)C2=O)n1. The maximum absolute atomic E-state index is 13.2. The van der Waals surface area contributed by atoms with Gasteiger partial charge in [-0.3, -0.25) is 14.5 Å². The first-order valence-electron chi connectivity index (χ1n) is 8.67. The number of imide groups is 1. The predicted octanol–water partition coefficient (Wildman–Crippen LogP) is 2.99. The average Bonchev–Trinajstić information content (AvgIpc) is 3.15. The summed E-state index contributed by atoms with van der Waals surface area (Å²) in [5, 5.41) is 7.46. The fourth-order valence-electron chi connectivity index (χ4n) is 2.80. The Morgan fingerprint density at radius 2 is 1.93 bits per heavy atom. The molecule has 1 fully saturated rings. The van der Waals surface area contributed by atoms with E-state index in [9.17, 15) is 18.8 Å². The number of rotatable bonds is 4. The lowest BCUT2D eigenvalue weighted by Gasteiger charge is -2.22. The zero-order chi connectivity index (χ0) is 20.7. The van der Waals surface area contributed by atoms with Crippen molar-refractivity contribution in [3.63, 3.8) is 0 Å². The lowest BCUT2D eigenvalue weighted by atomic mass is 9.92. The molecule has 0 aliphatic carbocycles. The van der Waals surface area contributed by atoms with Crippen molar-refractivity contribution < 1.29 is 18.8 Å². The second-order valence-corrected chi connectivity index (χ2v) is 8.65. The van der Waals surface area contributed by atoms with Gasteiger partial charge in [0.15, 0.2) is 5.13 Å². The summed E-state index contributed by atoms with van der Waals surface area (Å²) in [6.07, 6.45) is 0. The lowest BCUT2D eigenvalue weighted by molar-refractivity contribution is -0.133. The standard InChI is InChI=1S/C19H21FN4O3S/c1-18(2,3)13-10-28-16(21-13)22-14(25)9-24-15(26)19(4,23-17(24)27)11-5-7-12(20)8-6-11/h5-8,10H,9H2,1-4H3,(H,23,27)(H,21,22,25). The summed E-state index contributed by atoms with van der Waals surface area (Å²) < 4.78 is 13.2. The maximum Gasteiger partial charge on any atom is 0.325 e. The summed E-state index contributed by atoms with van der Waals surface area (Å²) in [6.45, 7) is 7.12. The highest BCUT2D eigenvalue weighted by Gasteiger charge is 2.49. The van der Waals surface area contributed by atoms with Crippen LogP contribution in [0.15, 0.2) is 29.6 Å². The molecule has 3 rings (SSSR count). The van der Waals surface area contributed by atoms with Gasteiger partial charge in [-0.15, -0.1) is 11.3 Å². The number of urea groups is 1. The Balaban J connectivity index is 1.71. The molecule has 0 radical (unpaired) electrons. The van der Waals surface area contributed by atoms with Crippen LogP contribution in [0.4, 0.5) is 14.3 Å². The molecule has 1 aromatic carbocycles. The van der Waals surface area contributed by atoms with Crippen molar-refractivity contribution in [3.8, 4) is 0 Å². The van der Waals surface area contributed by atoms with Gasteiger partial charge in [0.1, 0.15) is 17.9 Å². The molecule has 148 valence electrons. The molecule has 0 bridgehead atoms. The van der Waals surface area contributed by atoms with Crippen LogP contribution in [-0.4, -0.2) is 34.3 Å². The molecular weight excluding hydrogens is 383 g/mol. The fraction of sp³-hybridized carbons (Fsp3) is 0.368. The topological polar surface area (TPSA) is 91.4 Å². The highest BCUT2D eigenvalue weighted by Crippen LogP contribution is 2.29. The average molecular weight is 404 g/mol. The van der Waals surface area contributed by atoms with Gasteiger partial charge in [0.05, 0.1) is 5.69 Å². The molecule has 1 aliphatic heterocycles. The van der Waals surface area contributed by atoms with E-state index in [1.54, 1.807) is 0 Å². The van der Waals surface area contributed by atoms with Gasteiger partial charge in [-0.1, -0.05) is 32.9 Å². The van der Waals surface area contributed by atoms with Gasteiger partial charge in [0.25, 0.3) is 5.91 Å². The Morgan fingerprint density at radius 1 is 1.29 bits per heavy atom. The van der Waals surface area contributed by atoms with Crippen LogP contribution in [0.1, 0.15) is 39.0 Å². The number of amides is 4. The van der Waals surface area contributed by atoms with E-state index in [-0.39, 0.29) is 5.41 Å². The van der Waals surface area contributed by atoms with Gasteiger partial charge in [0, 0.05) is 10.8 Å². The number of anilines is 1. The van der Waals surface area contributed by atoms with Crippen LogP contribution in [0.2, 0.25) is 0 Å². The van der Waals surface area contributed by atoms with E-state index in [1.165, 1.54) is 42.5 Å². The molecule has 1 atom stereocenters. The van der Waals surface area contributed by atoms with Crippen molar-refractivity contribution in [1.82, 2.24) is 15.2 Å². The number of benzene rings is 1. The Labute approximate surface area is 166 Å². The number of carbonyl (C=O) groups excluding carboxylic acids is 3. The molecule has 7 nitrogen and oxygen atoms in total. The maximum atomic E-state index is 13.2. The first-order chi connectivity index (χ1) is 13.0. The minimum Gasteiger partial charge on any atom is -0.319 e. The minimum absolute atomic E-state index is 0.152. The number of hydrogen-bond donors (Lipinski definition) is 2. The molecule has 1 aromatic heterocycles. The van der Waals surface area contributed by atoms with Crippen molar-refractivity contribution in [2.45, 2.75) is 38.6 Å². The van der Waals surface area contributed by atoms with Crippen LogP contribution in [0, 0.1) is 5.82 Å². The molecule has 0 saturated carbocycles. The highest BCUT2D eigenvalue weighted by molar-refractivity contribution is 7.13. The van der Waals surface area contributed by atoms with E-state index < -0.39 is 35.7 Å². The molecule has 28 heavy (non-hydrogen) atoms. The summed E-state index contributed by atoms with van der Waals surface area (Å²) in [4.78, 5) is 42.6. The third kappa shape index (κ3) is 3.75. The smallest absolute Gasteiger partial charge is 0.319 e. The van der Waals surface area contributed by atoms with Crippen LogP contribution in [0.5, 0.6) is 0 Å². The number of aromatic nitrogens is 1. The first kappa shape index (κ1) is 19.9. The predicted molar refractivity (Wildman–Crippen MR) is 103 cm³/mol. The van der Waals surface area contributed by atoms with Crippen LogP contribution in [0.3, 0.4) is 0 Å². The molecule has 9 heteroatoms. The highest BCUT2D eigenvalue weighted by atomic mass is 32.1. The van der Waals surface area contributed by atoms with Gasteiger partial charge >= 0.3 is 6.03 Å². The number of thiazole rings is 1. The van der Waals surface area contributed by atoms with Crippen molar-refractivity contribution in [1.29, 1.82) is 0 Å². The minimum atomic E-state index is -1.36. The first-order valence-corrected chi connectivity index (χ1v) is 9.55. The third-order valence-corrected chi connectivity index (χ3v) is 5.27. The van der Waals surface area contributed by atoms with Gasteiger partial charge < -0.3 is 10.6 Å². The molecule has 1 unspecified atom stereocenters. The van der Waals surface area contributed by atoms with Crippen LogP contribution in [-0.2, 0) is 20.5 Å². The van der Waals surface area contributed by atoms with E-state index >= 15 is 0 Å². The Bertz CT molecular complexity index is 935. The van der Waals surface area contributed by atoms with Crippen molar-refractivity contribution in [3.05, 3.63) is 46.7 Å². The molecule has 1 saturated heterocycles. The fourth-order valence-corrected chi connectivity index (χ4v) is 3.75. The van der Waals surface area contributed by atoms with Crippen molar-refractivity contribution >= 4 is 34.3 Å². The van der Waals surface area contributed by atoms with Crippen LogP contribution < -0.4 is 10.6 Å². The van der Waals surface area contributed by atoms with E-state index in [1.807, 2.05) is 26.2 Å². The zero-order valence-electron chi connectivity index (χ0n) is 16.0. The van der Waals surface area contributed by atoms with Crippen molar-refractivity contribution in [2.24, 2.45) is 0 Å². The molecule has 1 aliphatic rings. The Hall–Kier alpha value is -2.81. The lowest BCUT2D eigenvalue weighted by Crippen LogP contribution is -2.42. The van der Waals surface area contributed by atoms with E-state index in [2.05, 4.69) is 15.6 Å². The summed E-state index contributed by atoms with van der Waals surface area (Å²) in [5.74, 6) is -1.55. The molecular formula is C19H21FN4O3S. The molecule has 2 aromatic rings. The summed E-state index contributed by atoms with van der Waals surface area (Å²) in [7, 11) is 0. The molecule has 0 spiro atoms. The Morgan fingerprint density at radius 3 is 2.50 bits per heavy atom. The van der Waals surface area contributed by atoms with Gasteiger partial charge in [-0.05, 0) is 24.6 Å². The largest absolute Gasteiger partial charge is 0.325 e. The molecule has 2 heterocycles. The van der Waals surface area contributed by atoms with Gasteiger partial charge in [-0.2, -0.15) is 0 Å². The van der Waals surface area contributed by atoms with Gasteiger partial charge in [0.2, 0.25) is 5.91 Å². The Kier molecular flexibility index (Phi) is 4.97.